The van der Waals surface area contributed by atoms with Crippen LogP contribution in [-0.4, -0.2) is 12.6 Å². The van der Waals surface area contributed by atoms with Gasteiger partial charge in [0.2, 0.25) is 0 Å². The lowest BCUT2D eigenvalue weighted by Crippen LogP contribution is -2.09. The van der Waals surface area contributed by atoms with E-state index in [4.69, 9.17) is 10.00 Å². The van der Waals surface area contributed by atoms with Crippen molar-refractivity contribution in [3.63, 3.8) is 0 Å². The van der Waals surface area contributed by atoms with Gasteiger partial charge in [-0.15, -0.1) is 0 Å². The molecule has 0 fully saturated rings. The van der Waals surface area contributed by atoms with Gasteiger partial charge in [0.05, 0.1) is 17.7 Å². The van der Waals surface area contributed by atoms with E-state index < -0.39 is 5.97 Å². The number of carbonyl (C=O) groups excluding carboxylic acids is 1. The minimum absolute atomic E-state index is 0.319. The summed E-state index contributed by atoms with van der Waals surface area (Å²) in [6, 6.07) is 5.72. The fraction of sp³-hybridized carbons (Fsp3) is 0.385. The van der Waals surface area contributed by atoms with Gasteiger partial charge in [-0.25, -0.2) is 4.79 Å². The number of rotatable bonds is 3. The Labute approximate surface area is 95.7 Å². The third-order valence-corrected chi connectivity index (χ3v) is 2.35. The molecule has 0 bridgehead atoms. The van der Waals surface area contributed by atoms with Gasteiger partial charge in [0.25, 0.3) is 0 Å². The van der Waals surface area contributed by atoms with E-state index in [-0.39, 0.29) is 0 Å². The molecule has 0 aliphatic heterocycles. The number of nitrogens with zero attached hydrogens (tertiary/aromatic N) is 1. The summed E-state index contributed by atoms with van der Waals surface area (Å²) in [7, 11) is 0. The summed E-state index contributed by atoms with van der Waals surface area (Å²) in [6.45, 7) is 5.94. The molecule has 3 heteroatoms. The van der Waals surface area contributed by atoms with Gasteiger partial charge in [0.15, 0.2) is 0 Å². The lowest BCUT2D eigenvalue weighted by atomic mass is 9.97. The third kappa shape index (κ3) is 2.40. The van der Waals surface area contributed by atoms with Crippen LogP contribution >= 0.6 is 0 Å². The van der Waals surface area contributed by atoms with Crippen LogP contribution in [0.1, 0.15) is 40.9 Å². The highest BCUT2D eigenvalue weighted by molar-refractivity contribution is 5.93. The lowest BCUT2D eigenvalue weighted by molar-refractivity contribution is 0.0526. The molecule has 0 aliphatic carbocycles. The topological polar surface area (TPSA) is 50.1 Å². The highest BCUT2D eigenvalue weighted by Gasteiger charge is 2.15. The quantitative estimate of drug-likeness (QED) is 0.731. The van der Waals surface area contributed by atoms with Crippen molar-refractivity contribution in [3.8, 4) is 6.07 Å². The van der Waals surface area contributed by atoms with Crippen molar-refractivity contribution in [2.24, 2.45) is 0 Å². The average molecular weight is 217 g/mol. The fourth-order valence-corrected chi connectivity index (χ4v) is 1.64. The van der Waals surface area contributed by atoms with E-state index >= 15 is 0 Å². The summed E-state index contributed by atoms with van der Waals surface area (Å²) in [5, 5.41) is 9.08. The Balaban J connectivity index is 3.32. The molecule has 0 atom stereocenters. The molecule has 0 aliphatic rings. The summed E-state index contributed by atoms with van der Waals surface area (Å²) < 4.78 is 4.93. The second-order valence-electron chi connectivity index (χ2n) is 3.53. The molecule has 0 heterocycles. The van der Waals surface area contributed by atoms with Crippen LogP contribution in [0.2, 0.25) is 0 Å². The normalized spacial score (nSPS) is 9.62. The van der Waals surface area contributed by atoms with Crippen LogP contribution in [0.25, 0.3) is 0 Å². The van der Waals surface area contributed by atoms with Crippen molar-refractivity contribution in [1.82, 2.24) is 0 Å². The first-order valence-electron chi connectivity index (χ1n) is 5.34. The first kappa shape index (κ1) is 12.3. The lowest BCUT2D eigenvalue weighted by Gasteiger charge is -2.09. The minimum atomic E-state index is -0.419. The van der Waals surface area contributed by atoms with Crippen molar-refractivity contribution in [2.45, 2.75) is 27.2 Å². The van der Waals surface area contributed by atoms with Gasteiger partial charge in [-0.3, -0.25) is 0 Å². The molecule has 0 radical (unpaired) electrons. The van der Waals surface area contributed by atoms with Gasteiger partial charge in [-0.1, -0.05) is 13.0 Å². The second-order valence-corrected chi connectivity index (χ2v) is 3.53. The van der Waals surface area contributed by atoms with Gasteiger partial charge in [-0.05, 0) is 37.5 Å². The van der Waals surface area contributed by atoms with Crippen LogP contribution < -0.4 is 0 Å². The van der Waals surface area contributed by atoms with E-state index in [0.717, 1.165) is 17.5 Å². The highest BCUT2D eigenvalue weighted by Crippen LogP contribution is 2.18. The summed E-state index contributed by atoms with van der Waals surface area (Å²) in [5.74, 6) is -0.419. The van der Waals surface area contributed by atoms with Gasteiger partial charge in [0.1, 0.15) is 6.07 Å². The first-order chi connectivity index (χ1) is 7.63. The molecular weight excluding hydrogens is 202 g/mol. The van der Waals surface area contributed by atoms with E-state index in [1.165, 1.54) is 0 Å². The van der Waals surface area contributed by atoms with Crippen molar-refractivity contribution in [1.29, 1.82) is 5.26 Å². The van der Waals surface area contributed by atoms with Crippen LogP contribution in [0.4, 0.5) is 0 Å². The molecule has 0 amide bonds. The Morgan fingerprint density at radius 2 is 2.12 bits per heavy atom. The number of hydrogen-bond acceptors (Lipinski definition) is 3. The monoisotopic (exact) mass is 217 g/mol. The smallest absolute Gasteiger partial charge is 0.339 e. The van der Waals surface area contributed by atoms with Crippen LogP contribution in [-0.2, 0) is 11.2 Å². The molecule has 1 rings (SSSR count). The van der Waals surface area contributed by atoms with Crippen molar-refractivity contribution < 1.29 is 9.53 Å². The zero-order chi connectivity index (χ0) is 12.1. The molecule has 0 saturated carbocycles. The summed E-state index contributed by atoms with van der Waals surface area (Å²) in [5.41, 5.74) is 2.68. The first-order valence-corrected chi connectivity index (χ1v) is 5.34. The fourth-order valence-electron chi connectivity index (χ4n) is 1.64. The predicted molar refractivity (Wildman–Crippen MR) is 61.2 cm³/mol. The van der Waals surface area contributed by atoms with Crippen LogP contribution in [0, 0.1) is 18.3 Å². The summed E-state index contributed by atoms with van der Waals surface area (Å²) in [6.07, 6.45) is 0.733. The molecule has 3 nitrogen and oxygen atoms in total. The molecule has 16 heavy (non-hydrogen) atoms. The number of esters is 1. The van der Waals surface area contributed by atoms with E-state index in [1.54, 1.807) is 13.0 Å². The van der Waals surface area contributed by atoms with Gasteiger partial charge in [-0.2, -0.15) is 5.26 Å². The zero-order valence-corrected chi connectivity index (χ0v) is 9.83. The number of benzene rings is 1. The number of hydrogen-bond donors (Lipinski definition) is 0. The largest absolute Gasteiger partial charge is 0.462 e. The Morgan fingerprint density at radius 3 is 2.62 bits per heavy atom. The molecule has 84 valence electrons. The van der Waals surface area contributed by atoms with Gasteiger partial charge in [0, 0.05) is 0 Å². The van der Waals surface area contributed by atoms with E-state index in [2.05, 4.69) is 6.07 Å². The maximum absolute atomic E-state index is 11.7. The number of nitriles is 1. The maximum Gasteiger partial charge on any atom is 0.339 e. The highest BCUT2D eigenvalue weighted by atomic mass is 16.5. The summed E-state index contributed by atoms with van der Waals surface area (Å²) in [4.78, 5) is 11.7. The molecule has 1 aromatic rings. The predicted octanol–water partition coefficient (Wildman–Crippen LogP) is 2.61. The van der Waals surface area contributed by atoms with Crippen LogP contribution in [0.15, 0.2) is 12.1 Å². The van der Waals surface area contributed by atoms with E-state index in [9.17, 15) is 4.79 Å². The minimum Gasteiger partial charge on any atom is -0.462 e. The van der Waals surface area contributed by atoms with E-state index in [1.807, 2.05) is 19.9 Å². The van der Waals surface area contributed by atoms with Gasteiger partial charge < -0.3 is 4.74 Å². The SMILES string of the molecule is CCOC(=O)c1cc(C)cc(CC)c1C#N. The Bertz CT molecular complexity index is 444. The molecule has 0 N–H and O–H groups in total. The van der Waals surface area contributed by atoms with Crippen LogP contribution in [0.5, 0.6) is 0 Å². The maximum atomic E-state index is 11.7. The molecule has 0 unspecified atom stereocenters. The molecular formula is C13H15NO2. The second kappa shape index (κ2) is 5.32. The van der Waals surface area contributed by atoms with Crippen molar-refractivity contribution in [3.05, 3.63) is 34.4 Å². The number of carbonyl (C=O) groups is 1. The number of aryl methyl sites for hydroxylation is 2. The molecule has 0 aromatic heterocycles. The Morgan fingerprint density at radius 1 is 1.44 bits per heavy atom. The van der Waals surface area contributed by atoms with Gasteiger partial charge >= 0.3 is 5.97 Å². The van der Waals surface area contributed by atoms with E-state index in [0.29, 0.717) is 17.7 Å². The molecule has 0 saturated heterocycles. The van der Waals surface area contributed by atoms with Crippen molar-refractivity contribution >= 4 is 5.97 Å². The Hall–Kier alpha value is -1.82. The standard InChI is InChI=1S/C13H15NO2/c1-4-10-6-9(3)7-11(12(10)8-14)13(15)16-5-2/h6-7H,4-5H2,1-3H3. The zero-order valence-electron chi connectivity index (χ0n) is 9.83. The molecule has 0 spiro atoms. The third-order valence-electron chi connectivity index (χ3n) is 2.35. The summed E-state index contributed by atoms with van der Waals surface area (Å²) >= 11 is 0. The average Bonchev–Trinajstić information content (AvgIpc) is 2.28. The van der Waals surface area contributed by atoms with Crippen molar-refractivity contribution in [2.75, 3.05) is 6.61 Å². The number of ether oxygens (including phenoxy) is 1. The Kier molecular flexibility index (Phi) is 4.07. The van der Waals surface area contributed by atoms with Crippen LogP contribution in [0.3, 0.4) is 0 Å². The molecule has 1 aromatic carbocycles.